The minimum absolute atomic E-state index is 0.0243. The maximum atomic E-state index is 10.0. The number of nitrogens with one attached hydrogen (secondary N) is 1. The maximum Gasteiger partial charge on any atom is 0.0960 e. The summed E-state index contributed by atoms with van der Waals surface area (Å²) in [5.41, 5.74) is 2.39. The molecule has 0 saturated heterocycles. The fourth-order valence-electron chi connectivity index (χ4n) is 3.19. The third-order valence-corrected chi connectivity index (χ3v) is 6.20. The van der Waals surface area contributed by atoms with Gasteiger partial charge >= 0.3 is 0 Å². The summed E-state index contributed by atoms with van der Waals surface area (Å²) >= 11 is 0. The van der Waals surface area contributed by atoms with Crippen molar-refractivity contribution in [3.05, 3.63) is 71.8 Å². The van der Waals surface area contributed by atoms with Crippen LogP contribution < -0.4 is 5.32 Å². The molecule has 2 aromatic carbocycles. The third kappa shape index (κ3) is 7.04. The summed E-state index contributed by atoms with van der Waals surface area (Å²) in [4.78, 5) is 0. The van der Waals surface area contributed by atoms with E-state index in [-0.39, 0.29) is 24.8 Å². The highest BCUT2D eigenvalue weighted by molar-refractivity contribution is 6.76. The number of hydrogen-bond acceptors (Lipinski definition) is 3. The van der Waals surface area contributed by atoms with Crippen LogP contribution in [-0.2, 0) is 11.3 Å². The first kappa shape index (κ1) is 20.8. The number of hydrogen-bond donors (Lipinski definition) is 2. The van der Waals surface area contributed by atoms with E-state index in [1.54, 1.807) is 0 Å². The van der Waals surface area contributed by atoms with E-state index in [1.807, 2.05) is 24.3 Å². The minimum atomic E-state index is -1.33. The number of benzene rings is 2. The van der Waals surface area contributed by atoms with Gasteiger partial charge in [-0.2, -0.15) is 0 Å². The number of aliphatic hydroxyl groups is 1. The molecule has 3 atom stereocenters. The standard InChI is InChI=1S/C22H33NO2Si/c1-18(20-13-9-6-10-14-20)23-21(17-26(2,3)4)22(15-24)25-16-19-11-7-5-8-12-19/h5-14,18,21-24H,15-17H2,1-4H3/t18-,21+,22+/m1/s1. The maximum absolute atomic E-state index is 10.0. The molecule has 2 rings (SSSR count). The normalized spacial score (nSPS) is 15.4. The Morgan fingerprint density at radius 2 is 1.54 bits per heavy atom. The molecule has 2 N–H and O–H groups in total. The van der Waals surface area contributed by atoms with Crippen LogP contribution in [0.3, 0.4) is 0 Å². The summed E-state index contributed by atoms with van der Waals surface area (Å²) < 4.78 is 6.13. The Kier molecular flexibility index (Phi) is 8.03. The fourth-order valence-corrected chi connectivity index (χ4v) is 4.89. The summed E-state index contributed by atoms with van der Waals surface area (Å²) in [6.45, 7) is 9.81. The smallest absolute Gasteiger partial charge is 0.0960 e. The first-order valence-electron chi connectivity index (χ1n) is 9.46. The van der Waals surface area contributed by atoms with Crippen LogP contribution in [0.15, 0.2) is 60.7 Å². The Balaban J connectivity index is 2.07. The molecular weight excluding hydrogens is 338 g/mol. The molecule has 0 unspecified atom stereocenters. The molecule has 0 aliphatic carbocycles. The number of aliphatic hydroxyl groups excluding tert-OH is 1. The Morgan fingerprint density at radius 1 is 0.962 bits per heavy atom. The van der Waals surface area contributed by atoms with E-state index in [2.05, 4.69) is 68.3 Å². The summed E-state index contributed by atoms with van der Waals surface area (Å²) in [6.07, 6.45) is -0.215. The van der Waals surface area contributed by atoms with E-state index in [0.29, 0.717) is 6.61 Å². The Hall–Kier alpha value is -1.46. The van der Waals surface area contributed by atoms with E-state index in [0.717, 1.165) is 11.6 Å². The van der Waals surface area contributed by atoms with Gasteiger partial charge in [-0.25, -0.2) is 0 Å². The second-order valence-electron chi connectivity index (χ2n) is 8.19. The van der Waals surface area contributed by atoms with Crippen LogP contribution in [0.4, 0.5) is 0 Å². The van der Waals surface area contributed by atoms with Gasteiger partial charge in [-0.1, -0.05) is 80.3 Å². The van der Waals surface area contributed by atoms with E-state index < -0.39 is 8.07 Å². The van der Waals surface area contributed by atoms with Gasteiger partial charge in [-0.3, -0.25) is 0 Å². The van der Waals surface area contributed by atoms with E-state index >= 15 is 0 Å². The minimum Gasteiger partial charge on any atom is -0.394 e. The zero-order chi connectivity index (χ0) is 19.0. The number of rotatable bonds is 10. The second-order valence-corrected chi connectivity index (χ2v) is 13.7. The Labute approximate surface area is 159 Å². The van der Waals surface area contributed by atoms with Crippen molar-refractivity contribution in [2.75, 3.05) is 6.61 Å². The lowest BCUT2D eigenvalue weighted by molar-refractivity contribution is -0.0182. The highest BCUT2D eigenvalue weighted by atomic mass is 28.3. The summed E-state index contributed by atoms with van der Waals surface area (Å²) in [5, 5.41) is 13.7. The van der Waals surface area contributed by atoms with Crippen LogP contribution in [-0.4, -0.2) is 31.9 Å². The topological polar surface area (TPSA) is 41.5 Å². The van der Waals surface area contributed by atoms with Gasteiger partial charge < -0.3 is 15.2 Å². The van der Waals surface area contributed by atoms with Crippen molar-refractivity contribution < 1.29 is 9.84 Å². The average Bonchev–Trinajstić information content (AvgIpc) is 2.62. The molecule has 0 fully saturated rings. The van der Waals surface area contributed by atoms with Gasteiger partial charge in [0.05, 0.1) is 19.3 Å². The van der Waals surface area contributed by atoms with E-state index in [1.165, 1.54) is 5.56 Å². The molecule has 0 radical (unpaired) electrons. The van der Waals surface area contributed by atoms with Crippen LogP contribution in [0, 0.1) is 0 Å². The molecule has 3 nitrogen and oxygen atoms in total. The average molecular weight is 372 g/mol. The molecule has 0 spiro atoms. The molecule has 0 heterocycles. The molecule has 0 aliphatic rings. The van der Waals surface area contributed by atoms with Crippen molar-refractivity contribution in [2.45, 2.75) is 57.4 Å². The predicted octanol–water partition coefficient (Wildman–Crippen LogP) is 4.62. The van der Waals surface area contributed by atoms with Gasteiger partial charge in [0.2, 0.25) is 0 Å². The van der Waals surface area contributed by atoms with Crippen molar-refractivity contribution in [3.8, 4) is 0 Å². The lowest BCUT2D eigenvalue weighted by atomic mass is 10.1. The van der Waals surface area contributed by atoms with E-state index in [9.17, 15) is 5.11 Å². The molecule has 2 aromatic rings. The molecule has 26 heavy (non-hydrogen) atoms. The molecule has 0 aliphatic heterocycles. The number of ether oxygens (including phenoxy) is 1. The molecule has 4 heteroatoms. The van der Waals surface area contributed by atoms with Crippen LogP contribution in [0.25, 0.3) is 0 Å². The highest BCUT2D eigenvalue weighted by Crippen LogP contribution is 2.21. The molecule has 142 valence electrons. The van der Waals surface area contributed by atoms with Gasteiger partial charge in [0.15, 0.2) is 0 Å². The van der Waals surface area contributed by atoms with Crippen molar-refractivity contribution in [1.82, 2.24) is 5.32 Å². The van der Waals surface area contributed by atoms with Crippen molar-refractivity contribution in [2.24, 2.45) is 0 Å². The zero-order valence-corrected chi connectivity index (χ0v) is 17.5. The van der Waals surface area contributed by atoms with Crippen LogP contribution in [0.5, 0.6) is 0 Å². The van der Waals surface area contributed by atoms with Gasteiger partial charge in [-0.15, -0.1) is 0 Å². The van der Waals surface area contributed by atoms with Gasteiger partial charge in [0.25, 0.3) is 0 Å². The molecule has 0 saturated carbocycles. The predicted molar refractivity (Wildman–Crippen MR) is 112 cm³/mol. The lowest BCUT2D eigenvalue weighted by Crippen LogP contribution is -2.48. The van der Waals surface area contributed by atoms with Gasteiger partial charge in [0.1, 0.15) is 0 Å². The fraction of sp³-hybridized carbons (Fsp3) is 0.455. The van der Waals surface area contributed by atoms with Crippen LogP contribution in [0.1, 0.15) is 24.1 Å². The summed E-state index contributed by atoms with van der Waals surface area (Å²) in [5.74, 6) is 0. The van der Waals surface area contributed by atoms with Crippen LogP contribution >= 0.6 is 0 Å². The summed E-state index contributed by atoms with van der Waals surface area (Å²) in [7, 11) is -1.33. The summed E-state index contributed by atoms with van der Waals surface area (Å²) in [6, 6.07) is 22.0. The first-order valence-corrected chi connectivity index (χ1v) is 13.2. The molecule has 0 amide bonds. The third-order valence-electron chi connectivity index (χ3n) is 4.53. The second kappa shape index (κ2) is 10.0. The molecule has 0 bridgehead atoms. The molecular formula is C22H33NO2Si. The van der Waals surface area contributed by atoms with Gasteiger partial charge in [-0.05, 0) is 24.1 Å². The Bertz CT molecular complexity index is 628. The Morgan fingerprint density at radius 3 is 2.08 bits per heavy atom. The highest BCUT2D eigenvalue weighted by Gasteiger charge is 2.29. The van der Waals surface area contributed by atoms with Crippen LogP contribution in [0.2, 0.25) is 25.7 Å². The SMILES string of the molecule is C[C@@H](N[C@@H](C[Si](C)(C)C)[C@H](CO)OCc1ccccc1)c1ccccc1. The molecule has 0 aromatic heterocycles. The van der Waals surface area contributed by atoms with Crippen molar-refractivity contribution in [3.63, 3.8) is 0 Å². The largest absolute Gasteiger partial charge is 0.394 e. The zero-order valence-electron chi connectivity index (χ0n) is 16.5. The van der Waals surface area contributed by atoms with Crippen molar-refractivity contribution in [1.29, 1.82) is 0 Å². The quantitative estimate of drug-likeness (QED) is 0.599. The first-order chi connectivity index (χ1) is 12.4. The monoisotopic (exact) mass is 371 g/mol. The van der Waals surface area contributed by atoms with Crippen molar-refractivity contribution >= 4 is 8.07 Å². The lowest BCUT2D eigenvalue weighted by Gasteiger charge is -2.33. The van der Waals surface area contributed by atoms with E-state index in [4.69, 9.17) is 4.74 Å². The van der Waals surface area contributed by atoms with Gasteiger partial charge in [0, 0.05) is 20.2 Å².